The highest BCUT2D eigenvalue weighted by atomic mass is 32.2. The van der Waals surface area contributed by atoms with Crippen LogP contribution in [0.4, 0.5) is 4.79 Å². The lowest BCUT2D eigenvalue weighted by atomic mass is 9.89. The summed E-state index contributed by atoms with van der Waals surface area (Å²) in [7, 11) is -2.61. The number of amides is 1. The lowest BCUT2D eigenvalue weighted by Gasteiger charge is -2.38. The molecule has 212 valence electrons. The summed E-state index contributed by atoms with van der Waals surface area (Å²) < 4.78 is 39.7. The maximum atomic E-state index is 14.0. The Kier molecular flexibility index (Phi) is 9.44. The number of morpholine rings is 1. The fourth-order valence-corrected chi connectivity index (χ4v) is 6.81. The molecule has 12 heteroatoms. The van der Waals surface area contributed by atoms with E-state index in [0.717, 1.165) is 15.4 Å². The van der Waals surface area contributed by atoms with Crippen molar-refractivity contribution in [2.24, 2.45) is 5.92 Å². The third-order valence-corrected chi connectivity index (χ3v) is 9.34. The van der Waals surface area contributed by atoms with Crippen molar-refractivity contribution >= 4 is 22.1 Å². The summed E-state index contributed by atoms with van der Waals surface area (Å²) in [6.45, 7) is 3.04. The molecule has 4 rings (SSSR count). The highest BCUT2D eigenvalue weighted by Crippen LogP contribution is 2.30. The van der Waals surface area contributed by atoms with E-state index in [4.69, 9.17) is 9.47 Å². The smallest absolute Gasteiger partial charge is 0.407 e. The van der Waals surface area contributed by atoms with Gasteiger partial charge in [-0.15, -0.1) is 0 Å². The topological polar surface area (TPSA) is 137 Å². The van der Waals surface area contributed by atoms with Gasteiger partial charge in [0.1, 0.15) is 11.8 Å². The number of hydrogen-bond acceptors (Lipinski definition) is 7. The number of nitrogens with zero attached hydrogens (tertiary/aromatic N) is 3. The van der Waals surface area contributed by atoms with Crippen LogP contribution in [-0.4, -0.2) is 110 Å². The van der Waals surface area contributed by atoms with Gasteiger partial charge >= 0.3 is 12.1 Å². The first kappa shape index (κ1) is 28.8. The van der Waals surface area contributed by atoms with E-state index >= 15 is 0 Å². The first-order valence-corrected chi connectivity index (χ1v) is 14.4. The van der Waals surface area contributed by atoms with Gasteiger partial charge in [-0.25, -0.2) is 13.2 Å². The molecule has 0 bridgehead atoms. The molecule has 2 heterocycles. The fourth-order valence-electron chi connectivity index (χ4n) is 5.18. The number of rotatable bonds is 10. The molecular weight excluding hydrogens is 526 g/mol. The van der Waals surface area contributed by atoms with Crippen LogP contribution in [0.2, 0.25) is 0 Å². The summed E-state index contributed by atoms with van der Waals surface area (Å²) in [4.78, 5) is 27.3. The molecule has 0 spiro atoms. The number of sulfonamides is 1. The monoisotopic (exact) mass is 561 g/mol. The molecule has 0 radical (unpaired) electrons. The number of piperidine rings is 1. The van der Waals surface area contributed by atoms with Gasteiger partial charge in [0.2, 0.25) is 10.0 Å². The zero-order valence-electron chi connectivity index (χ0n) is 21.9. The highest BCUT2D eigenvalue weighted by molar-refractivity contribution is 7.89. The second kappa shape index (κ2) is 12.8. The molecule has 2 fully saturated rings. The lowest BCUT2D eigenvalue weighted by Crippen LogP contribution is -2.54. The van der Waals surface area contributed by atoms with Crippen molar-refractivity contribution in [3.05, 3.63) is 48.5 Å². The number of aliphatic carboxylic acids is 1. The lowest BCUT2D eigenvalue weighted by molar-refractivity contribution is -0.144. The van der Waals surface area contributed by atoms with Crippen LogP contribution in [0.1, 0.15) is 12.8 Å². The molecule has 2 aromatic rings. The van der Waals surface area contributed by atoms with Crippen molar-refractivity contribution in [2.75, 3.05) is 59.6 Å². The SMILES string of the molecule is COc1ccc(-c2ccc(S(=O)(=O)N(CCN3CCOCC3)C(C(=O)O)C3CCN(C(=O)O)CC3)cc2)cc1. The molecule has 1 amide bonds. The van der Waals surface area contributed by atoms with E-state index < -0.39 is 34.0 Å². The second-order valence-electron chi connectivity index (χ2n) is 9.71. The summed E-state index contributed by atoms with van der Waals surface area (Å²) in [5, 5.41) is 19.6. The zero-order chi connectivity index (χ0) is 28.0. The number of hydrogen-bond donors (Lipinski definition) is 2. The van der Waals surface area contributed by atoms with Gasteiger partial charge < -0.3 is 24.6 Å². The van der Waals surface area contributed by atoms with E-state index in [1.165, 1.54) is 17.0 Å². The quantitative estimate of drug-likeness (QED) is 0.448. The van der Waals surface area contributed by atoms with E-state index in [9.17, 15) is 28.2 Å². The standard InChI is InChI=1S/C27H35N3O8S/c1-37-23-6-2-20(3-7-23)21-4-8-24(9-5-21)39(35,36)30(15-14-28-16-18-38-19-17-28)25(26(31)32)22-10-12-29(13-11-22)27(33)34/h2-9,22,25H,10-19H2,1H3,(H,31,32)(H,33,34). The molecule has 2 aromatic carbocycles. The minimum atomic E-state index is -4.19. The van der Waals surface area contributed by atoms with Crippen LogP contribution in [0.5, 0.6) is 5.75 Å². The van der Waals surface area contributed by atoms with Crippen LogP contribution in [0.3, 0.4) is 0 Å². The normalized spacial score (nSPS) is 18.2. The fraction of sp³-hybridized carbons (Fsp3) is 0.481. The molecule has 0 aromatic heterocycles. The summed E-state index contributed by atoms with van der Waals surface area (Å²) in [6, 6.07) is 12.5. The van der Waals surface area contributed by atoms with Crippen molar-refractivity contribution in [1.82, 2.24) is 14.1 Å². The van der Waals surface area contributed by atoms with E-state index in [-0.39, 0.29) is 37.4 Å². The van der Waals surface area contributed by atoms with Gasteiger partial charge in [0.25, 0.3) is 0 Å². The van der Waals surface area contributed by atoms with E-state index in [1.807, 2.05) is 24.3 Å². The predicted molar refractivity (Wildman–Crippen MR) is 143 cm³/mol. The first-order valence-electron chi connectivity index (χ1n) is 13.0. The Morgan fingerprint density at radius 2 is 1.54 bits per heavy atom. The van der Waals surface area contributed by atoms with Crippen LogP contribution in [0, 0.1) is 5.92 Å². The molecule has 0 aliphatic carbocycles. The van der Waals surface area contributed by atoms with Gasteiger partial charge in [0, 0.05) is 39.3 Å². The average Bonchev–Trinajstić information content (AvgIpc) is 2.95. The van der Waals surface area contributed by atoms with E-state index in [2.05, 4.69) is 4.90 Å². The van der Waals surface area contributed by atoms with Gasteiger partial charge in [-0.1, -0.05) is 24.3 Å². The number of carboxylic acids is 1. The number of methoxy groups -OCH3 is 1. The molecule has 0 saturated carbocycles. The first-order chi connectivity index (χ1) is 18.7. The van der Waals surface area contributed by atoms with E-state index in [0.29, 0.717) is 38.6 Å². The van der Waals surface area contributed by atoms with Crippen molar-refractivity contribution in [3.63, 3.8) is 0 Å². The molecule has 1 atom stereocenters. The van der Waals surface area contributed by atoms with Crippen molar-refractivity contribution < 1.29 is 37.7 Å². The van der Waals surface area contributed by atoms with Crippen molar-refractivity contribution in [2.45, 2.75) is 23.8 Å². The van der Waals surface area contributed by atoms with Crippen molar-refractivity contribution in [3.8, 4) is 16.9 Å². The largest absolute Gasteiger partial charge is 0.497 e. The summed E-state index contributed by atoms with van der Waals surface area (Å²) in [5.74, 6) is -1.04. The average molecular weight is 562 g/mol. The van der Waals surface area contributed by atoms with Crippen LogP contribution < -0.4 is 4.74 Å². The maximum absolute atomic E-state index is 14.0. The Bertz CT molecular complexity index is 1220. The minimum Gasteiger partial charge on any atom is -0.497 e. The zero-order valence-corrected chi connectivity index (χ0v) is 22.8. The number of carboxylic acid groups (broad SMARTS) is 2. The van der Waals surface area contributed by atoms with Gasteiger partial charge in [0.15, 0.2) is 0 Å². The van der Waals surface area contributed by atoms with Gasteiger partial charge in [-0.05, 0) is 54.2 Å². The van der Waals surface area contributed by atoms with Crippen LogP contribution >= 0.6 is 0 Å². The summed E-state index contributed by atoms with van der Waals surface area (Å²) in [5.41, 5.74) is 1.70. The molecule has 1 unspecified atom stereocenters. The number of benzene rings is 2. The van der Waals surface area contributed by atoms with E-state index in [1.54, 1.807) is 19.2 Å². The van der Waals surface area contributed by atoms with Crippen LogP contribution in [-0.2, 0) is 19.6 Å². The molecule has 2 saturated heterocycles. The Balaban J connectivity index is 1.61. The molecular formula is C27H35N3O8S. The van der Waals surface area contributed by atoms with Crippen LogP contribution in [0.25, 0.3) is 11.1 Å². The Morgan fingerprint density at radius 1 is 0.974 bits per heavy atom. The van der Waals surface area contributed by atoms with Gasteiger partial charge in [-0.3, -0.25) is 9.69 Å². The highest BCUT2D eigenvalue weighted by Gasteiger charge is 2.42. The minimum absolute atomic E-state index is 0.00131. The number of likely N-dealkylation sites (tertiary alicyclic amines) is 1. The molecule has 2 aliphatic rings. The Labute approximate surface area is 228 Å². The van der Waals surface area contributed by atoms with Gasteiger partial charge in [0.05, 0.1) is 25.2 Å². The second-order valence-corrected chi connectivity index (χ2v) is 11.6. The third kappa shape index (κ3) is 6.88. The van der Waals surface area contributed by atoms with Gasteiger partial charge in [-0.2, -0.15) is 4.31 Å². The van der Waals surface area contributed by atoms with Crippen molar-refractivity contribution in [1.29, 1.82) is 0 Å². The Morgan fingerprint density at radius 3 is 2.05 bits per heavy atom. The molecule has 2 N–H and O–H groups in total. The number of carbonyl (C=O) groups is 2. The molecule has 2 aliphatic heterocycles. The van der Waals surface area contributed by atoms with Crippen LogP contribution in [0.15, 0.2) is 53.4 Å². The third-order valence-electron chi connectivity index (χ3n) is 7.44. The molecule has 39 heavy (non-hydrogen) atoms. The predicted octanol–water partition coefficient (Wildman–Crippen LogP) is 2.53. The summed E-state index contributed by atoms with van der Waals surface area (Å²) >= 11 is 0. The molecule has 11 nitrogen and oxygen atoms in total. The number of ether oxygens (including phenoxy) is 2. The summed E-state index contributed by atoms with van der Waals surface area (Å²) in [6.07, 6.45) is -0.527. The maximum Gasteiger partial charge on any atom is 0.407 e. The Hall–Kier alpha value is -3.19.